The van der Waals surface area contributed by atoms with Crippen LogP contribution in [-0.2, 0) is 48.4 Å². The maximum Gasteiger partial charge on any atom is 0.303 e. The van der Waals surface area contributed by atoms with Crippen molar-refractivity contribution in [1.29, 1.82) is 0 Å². The lowest BCUT2D eigenvalue weighted by molar-refractivity contribution is -0.160. The maximum atomic E-state index is 13.2. The quantitative estimate of drug-likeness (QED) is 0.0431. The van der Waals surface area contributed by atoms with Gasteiger partial charge in [0.1, 0.15) is 54.9 Å². The number of carbonyl (C=O) groups excluding carboxylic acids is 3. The van der Waals surface area contributed by atoms with Crippen LogP contribution in [0.5, 0.6) is 11.5 Å². The first-order valence-electron chi connectivity index (χ1n) is 19.9. The SMILES string of the molecule is COc1ccc(C(OC[C@H]2O[C@@H](n3cnc4c(=O)[nH]c(NC(=O)C(C)C)nc43)[C@H](OCOCCC(COC(C)=O)OC(C)=O)[C@@H]2O)(c2ccccc2)c2ccc(OC)cc2)cc1. The molecule has 0 bridgehead atoms. The number of carbonyl (C=O) groups is 3. The molecule has 6 rings (SSSR count). The van der Waals surface area contributed by atoms with Crippen LogP contribution in [0.2, 0.25) is 0 Å². The lowest BCUT2D eigenvalue weighted by Crippen LogP contribution is -2.40. The van der Waals surface area contributed by atoms with E-state index in [1.807, 2.05) is 78.9 Å². The van der Waals surface area contributed by atoms with Gasteiger partial charge in [0.25, 0.3) is 5.56 Å². The zero-order chi connectivity index (χ0) is 44.4. The highest BCUT2D eigenvalue weighted by atomic mass is 16.7. The molecule has 1 unspecified atom stereocenters. The molecular weight excluding hydrogens is 807 g/mol. The number of hydrogen-bond donors (Lipinski definition) is 3. The summed E-state index contributed by atoms with van der Waals surface area (Å²) in [5, 5.41) is 14.7. The van der Waals surface area contributed by atoms with Crippen molar-refractivity contribution in [3.8, 4) is 11.5 Å². The second-order valence-electron chi connectivity index (χ2n) is 14.7. The van der Waals surface area contributed by atoms with Gasteiger partial charge in [-0.3, -0.25) is 34.0 Å². The van der Waals surface area contributed by atoms with E-state index in [1.165, 1.54) is 24.7 Å². The third kappa shape index (κ3) is 10.5. The van der Waals surface area contributed by atoms with Crippen LogP contribution < -0.4 is 20.3 Å². The lowest BCUT2D eigenvalue weighted by atomic mass is 9.80. The highest BCUT2D eigenvalue weighted by Gasteiger charge is 2.48. The van der Waals surface area contributed by atoms with E-state index in [1.54, 1.807) is 28.1 Å². The third-order valence-electron chi connectivity index (χ3n) is 10.2. The number of rotatable bonds is 20. The normalized spacial score (nSPS) is 18.1. The fourth-order valence-corrected chi connectivity index (χ4v) is 7.00. The van der Waals surface area contributed by atoms with E-state index in [-0.39, 0.29) is 56.1 Å². The molecule has 1 aliphatic heterocycles. The fourth-order valence-electron chi connectivity index (χ4n) is 7.00. The molecule has 1 amide bonds. The van der Waals surface area contributed by atoms with Gasteiger partial charge in [-0.05, 0) is 41.0 Å². The van der Waals surface area contributed by atoms with Crippen LogP contribution in [-0.4, -0.2) is 108 Å². The Bertz CT molecular complexity index is 2290. The predicted octanol–water partition coefficient (Wildman–Crippen LogP) is 4.24. The Morgan fingerprint density at radius 3 is 2.13 bits per heavy atom. The molecular formula is C44H51N5O13. The summed E-state index contributed by atoms with van der Waals surface area (Å²) < 4.78 is 48.3. The molecule has 1 fully saturated rings. The van der Waals surface area contributed by atoms with Crippen molar-refractivity contribution in [1.82, 2.24) is 19.5 Å². The number of nitrogens with one attached hydrogen (secondary N) is 2. The summed E-state index contributed by atoms with van der Waals surface area (Å²) in [6.07, 6.45) is -3.99. The Morgan fingerprint density at radius 1 is 0.919 bits per heavy atom. The fraction of sp³-hybridized carbons (Fsp3) is 0.409. The van der Waals surface area contributed by atoms with Crippen LogP contribution in [0.3, 0.4) is 0 Å². The monoisotopic (exact) mass is 857 g/mol. The number of H-pyrrole nitrogens is 1. The van der Waals surface area contributed by atoms with E-state index in [4.69, 9.17) is 37.9 Å². The van der Waals surface area contributed by atoms with Crippen molar-refractivity contribution in [2.75, 3.05) is 46.1 Å². The van der Waals surface area contributed by atoms with Gasteiger partial charge in [0.15, 0.2) is 17.4 Å². The number of anilines is 1. The summed E-state index contributed by atoms with van der Waals surface area (Å²) in [4.78, 5) is 60.1. The number of benzene rings is 3. The number of aliphatic hydroxyl groups excluding tert-OH is 1. The van der Waals surface area contributed by atoms with Gasteiger partial charge >= 0.3 is 11.9 Å². The summed E-state index contributed by atoms with van der Waals surface area (Å²) in [5.41, 5.74) is 0.403. The van der Waals surface area contributed by atoms with Gasteiger partial charge in [-0.25, -0.2) is 4.98 Å². The van der Waals surface area contributed by atoms with E-state index < -0.39 is 59.7 Å². The van der Waals surface area contributed by atoms with Gasteiger partial charge in [0.05, 0.1) is 33.8 Å². The average molecular weight is 858 g/mol. The molecule has 5 atom stereocenters. The standard InChI is InChI=1S/C44H51N5O13/c1-26(2)40(53)47-43-46-39-36(41(54)48-43)45-24-49(39)42-38(59-25-57-21-20-34(61-28(4)51)22-58-27(3)50)37(52)35(62-42)23-60-44(29-10-8-7-9-11-29,30-12-16-32(55-5)17-13-30)31-14-18-33(56-6)19-15-31/h7-19,24,26,34-35,37-38,42,52H,20-23,25H2,1-6H3,(H2,46,47,48,53,54)/t34?,35-,37-,38-,42-/m1/s1. The van der Waals surface area contributed by atoms with Crippen molar-refractivity contribution in [2.24, 2.45) is 5.92 Å². The maximum absolute atomic E-state index is 13.2. The molecule has 0 spiro atoms. The molecule has 330 valence electrons. The molecule has 3 aromatic carbocycles. The number of amides is 1. The molecule has 3 heterocycles. The number of ether oxygens (including phenoxy) is 8. The van der Waals surface area contributed by atoms with Crippen LogP contribution in [0.15, 0.2) is 90.0 Å². The van der Waals surface area contributed by atoms with E-state index >= 15 is 0 Å². The van der Waals surface area contributed by atoms with Gasteiger partial charge in [0.2, 0.25) is 11.9 Å². The Balaban J connectivity index is 1.33. The van der Waals surface area contributed by atoms with Crippen LogP contribution in [0.25, 0.3) is 11.2 Å². The summed E-state index contributed by atoms with van der Waals surface area (Å²) >= 11 is 0. The molecule has 1 saturated heterocycles. The number of hydrogen-bond acceptors (Lipinski definition) is 15. The number of aromatic nitrogens is 4. The van der Waals surface area contributed by atoms with Crippen molar-refractivity contribution in [3.05, 3.63) is 112 Å². The predicted molar refractivity (Wildman–Crippen MR) is 222 cm³/mol. The zero-order valence-corrected chi connectivity index (χ0v) is 35.3. The van der Waals surface area contributed by atoms with Gasteiger partial charge < -0.3 is 43.0 Å². The number of esters is 2. The largest absolute Gasteiger partial charge is 0.497 e. The van der Waals surface area contributed by atoms with Crippen molar-refractivity contribution < 1.29 is 57.4 Å². The van der Waals surface area contributed by atoms with Crippen LogP contribution in [0, 0.1) is 5.92 Å². The number of aromatic amines is 1. The van der Waals surface area contributed by atoms with E-state index in [0.29, 0.717) is 11.5 Å². The van der Waals surface area contributed by atoms with Crippen molar-refractivity contribution >= 4 is 35.0 Å². The van der Waals surface area contributed by atoms with Crippen LogP contribution in [0.1, 0.15) is 57.0 Å². The zero-order valence-electron chi connectivity index (χ0n) is 35.3. The first kappa shape index (κ1) is 45.3. The summed E-state index contributed by atoms with van der Waals surface area (Å²) in [6, 6.07) is 24.6. The molecule has 18 nitrogen and oxygen atoms in total. The molecule has 0 radical (unpaired) electrons. The minimum Gasteiger partial charge on any atom is -0.497 e. The van der Waals surface area contributed by atoms with E-state index in [0.717, 1.165) is 16.7 Å². The highest BCUT2D eigenvalue weighted by Crippen LogP contribution is 2.43. The van der Waals surface area contributed by atoms with Crippen molar-refractivity contribution in [2.45, 2.75) is 70.4 Å². The van der Waals surface area contributed by atoms with Crippen LogP contribution in [0.4, 0.5) is 5.95 Å². The molecule has 18 heteroatoms. The average Bonchev–Trinajstić information content (AvgIpc) is 3.83. The summed E-state index contributed by atoms with van der Waals surface area (Å²) in [5.74, 6) is -0.684. The second-order valence-corrected chi connectivity index (χ2v) is 14.7. The molecule has 3 N–H and O–H groups in total. The molecule has 2 aromatic heterocycles. The first-order chi connectivity index (χ1) is 29.8. The van der Waals surface area contributed by atoms with E-state index in [2.05, 4.69) is 20.3 Å². The topological polar surface area (TPSA) is 221 Å². The van der Waals surface area contributed by atoms with Gasteiger partial charge in [-0.2, -0.15) is 4.98 Å². The highest BCUT2D eigenvalue weighted by molar-refractivity contribution is 5.91. The lowest BCUT2D eigenvalue weighted by Gasteiger charge is -2.37. The Hall–Kier alpha value is -6.18. The second kappa shape index (κ2) is 20.6. The number of aliphatic hydroxyl groups is 1. The summed E-state index contributed by atoms with van der Waals surface area (Å²) in [7, 11) is 3.17. The molecule has 1 aliphatic rings. The number of nitrogens with zero attached hydrogens (tertiary/aromatic N) is 3. The van der Waals surface area contributed by atoms with Gasteiger partial charge in [-0.1, -0.05) is 68.4 Å². The minimum atomic E-state index is -1.36. The molecule has 0 saturated carbocycles. The Kier molecular flexibility index (Phi) is 15.1. The van der Waals surface area contributed by atoms with Gasteiger partial charge in [0, 0.05) is 26.2 Å². The number of methoxy groups -OCH3 is 2. The number of fused-ring (bicyclic) bond motifs is 1. The minimum absolute atomic E-state index is 0.0211. The van der Waals surface area contributed by atoms with Gasteiger partial charge in [-0.15, -0.1) is 0 Å². The Labute approximate surface area is 357 Å². The number of imidazole rings is 1. The Morgan fingerprint density at radius 2 is 1.55 bits per heavy atom. The van der Waals surface area contributed by atoms with Crippen molar-refractivity contribution in [3.63, 3.8) is 0 Å². The molecule has 0 aliphatic carbocycles. The van der Waals surface area contributed by atoms with Crippen LogP contribution >= 0.6 is 0 Å². The summed E-state index contributed by atoms with van der Waals surface area (Å²) in [6.45, 7) is 5.19. The molecule has 5 aromatic rings. The van der Waals surface area contributed by atoms with E-state index in [9.17, 15) is 24.3 Å². The smallest absolute Gasteiger partial charge is 0.303 e. The first-order valence-corrected chi connectivity index (χ1v) is 19.9. The third-order valence-corrected chi connectivity index (χ3v) is 10.2. The molecule has 62 heavy (non-hydrogen) atoms.